The van der Waals surface area contributed by atoms with E-state index in [4.69, 9.17) is 15.0 Å². The topological polar surface area (TPSA) is 44.5 Å². The van der Waals surface area contributed by atoms with Crippen LogP contribution in [0.1, 0.15) is 50.3 Å². The third-order valence-electron chi connectivity index (χ3n) is 9.35. The van der Waals surface area contributed by atoms with Crippen LogP contribution < -0.4 is 5.73 Å². The second-order valence-corrected chi connectivity index (χ2v) is 12.8. The molecule has 1 heterocycles. The van der Waals surface area contributed by atoms with E-state index in [0.29, 0.717) is 17.1 Å². The van der Waals surface area contributed by atoms with Crippen LogP contribution in [0, 0.1) is 17.3 Å². The number of hydrogen-bond donors (Lipinski definition) is 1. The third-order valence-corrected chi connectivity index (χ3v) is 11.0. The van der Waals surface area contributed by atoms with E-state index in [-0.39, 0.29) is 41.9 Å². The van der Waals surface area contributed by atoms with Crippen molar-refractivity contribution in [3.8, 4) is 0 Å². The molecular formula is C31H37BClNO2S. The van der Waals surface area contributed by atoms with Crippen molar-refractivity contribution in [3.05, 3.63) is 108 Å². The molecule has 3 aromatic carbocycles. The Morgan fingerprint density at radius 1 is 0.865 bits per heavy atom. The molecule has 0 radical (unpaired) electrons. The maximum atomic E-state index is 6.89. The monoisotopic (exact) mass is 533 g/mol. The van der Waals surface area contributed by atoms with Crippen molar-refractivity contribution in [2.24, 2.45) is 23.0 Å². The highest BCUT2D eigenvalue weighted by Crippen LogP contribution is 2.65. The maximum Gasteiger partial charge on any atom is 0.476 e. The lowest BCUT2D eigenvalue weighted by Gasteiger charge is -2.64. The summed E-state index contributed by atoms with van der Waals surface area (Å²) in [5.41, 5.74) is 10.7. The summed E-state index contributed by atoms with van der Waals surface area (Å²) in [4.78, 5) is 0. The molecule has 1 saturated heterocycles. The Kier molecular flexibility index (Phi) is 7.32. The summed E-state index contributed by atoms with van der Waals surface area (Å²) in [6.07, 6.45) is 2.48. The van der Waals surface area contributed by atoms with Gasteiger partial charge in [-0.1, -0.05) is 105 Å². The van der Waals surface area contributed by atoms with Gasteiger partial charge in [0, 0.05) is 11.7 Å². The molecule has 3 nitrogen and oxygen atoms in total. The van der Waals surface area contributed by atoms with Crippen molar-refractivity contribution in [2.75, 3.05) is 5.75 Å². The molecule has 0 unspecified atom stereocenters. The molecule has 4 fully saturated rings. The zero-order valence-electron chi connectivity index (χ0n) is 21.9. The molecule has 0 aromatic heterocycles. The van der Waals surface area contributed by atoms with Gasteiger partial charge in [0.15, 0.2) is 0 Å². The minimum atomic E-state index is -0.389. The first kappa shape index (κ1) is 26.8. The van der Waals surface area contributed by atoms with Crippen LogP contribution in [0.2, 0.25) is 0 Å². The van der Waals surface area contributed by atoms with Gasteiger partial charge in [0.2, 0.25) is 0 Å². The third kappa shape index (κ3) is 4.28. The van der Waals surface area contributed by atoms with E-state index in [1.807, 2.05) is 11.8 Å². The van der Waals surface area contributed by atoms with E-state index in [2.05, 4.69) is 112 Å². The number of hydrogen-bond acceptors (Lipinski definition) is 4. The quantitative estimate of drug-likeness (QED) is 0.270. The van der Waals surface area contributed by atoms with Crippen molar-refractivity contribution in [1.82, 2.24) is 0 Å². The number of rotatable bonds is 7. The molecule has 3 saturated carbocycles. The van der Waals surface area contributed by atoms with Crippen LogP contribution in [0.5, 0.6) is 0 Å². The number of halogens is 1. The first-order chi connectivity index (χ1) is 17.4. The van der Waals surface area contributed by atoms with E-state index in [1.165, 1.54) is 23.1 Å². The van der Waals surface area contributed by atoms with Gasteiger partial charge in [0.1, 0.15) is 0 Å². The van der Waals surface area contributed by atoms with E-state index >= 15 is 0 Å². The predicted octanol–water partition coefficient (Wildman–Crippen LogP) is 6.73. The minimum Gasteiger partial charge on any atom is -0.404 e. The van der Waals surface area contributed by atoms with E-state index in [0.717, 1.165) is 12.3 Å². The molecule has 3 aliphatic carbocycles. The van der Waals surface area contributed by atoms with Crippen LogP contribution in [0.3, 0.4) is 0 Å². The normalized spacial score (nSPS) is 28.5. The molecule has 2 N–H and O–H groups in total. The summed E-state index contributed by atoms with van der Waals surface area (Å²) in [5.74, 6) is 1.75. The van der Waals surface area contributed by atoms with Crippen LogP contribution in [0.4, 0.5) is 0 Å². The fraction of sp³-hybridized carbons (Fsp3) is 0.419. The lowest BCUT2D eigenvalue weighted by atomic mass is 9.43. The largest absolute Gasteiger partial charge is 0.476 e. The van der Waals surface area contributed by atoms with Crippen LogP contribution in [0.15, 0.2) is 91.0 Å². The zero-order valence-corrected chi connectivity index (χ0v) is 23.5. The molecule has 3 aromatic rings. The van der Waals surface area contributed by atoms with Crippen LogP contribution >= 0.6 is 24.2 Å². The first-order valence-electron chi connectivity index (χ1n) is 13.2. The Morgan fingerprint density at radius 2 is 1.35 bits per heavy atom. The molecule has 4 aliphatic rings. The van der Waals surface area contributed by atoms with Gasteiger partial charge in [-0.15, -0.1) is 24.2 Å². The molecule has 5 atom stereocenters. The van der Waals surface area contributed by atoms with Gasteiger partial charge < -0.3 is 15.0 Å². The Morgan fingerprint density at radius 3 is 1.81 bits per heavy atom. The summed E-state index contributed by atoms with van der Waals surface area (Å²) >= 11 is 1.88. The van der Waals surface area contributed by atoms with Crippen LogP contribution in [0.25, 0.3) is 0 Å². The van der Waals surface area contributed by atoms with Gasteiger partial charge in [-0.3, -0.25) is 0 Å². The Bertz CT molecular complexity index is 1100. The van der Waals surface area contributed by atoms with Crippen LogP contribution in [-0.4, -0.2) is 30.5 Å². The lowest BCUT2D eigenvalue weighted by molar-refractivity contribution is -0.199. The van der Waals surface area contributed by atoms with Crippen LogP contribution in [-0.2, 0) is 14.1 Å². The molecule has 6 heteroatoms. The molecule has 1 aliphatic heterocycles. The number of benzene rings is 3. The van der Waals surface area contributed by atoms with E-state index in [9.17, 15) is 0 Å². The lowest BCUT2D eigenvalue weighted by Crippen LogP contribution is -2.65. The Labute approximate surface area is 232 Å². The fourth-order valence-corrected chi connectivity index (χ4v) is 8.66. The average Bonchev–Trinajstić information content (AvgIpc) is 3.28. The molecular weight excluding hydrogens is 497 g/mol. The highest BCUT2D eigenvalue weighted by Gasteiger charge is 2.68. The van der Waals surface area contributed by atoms with Crippen molar-refractivity contribution in [1.29, 1.82) is 0 Å². The molecule has 37 heavy (non-hydrogen) atoms. The summed E-state index contributed by atoms with van der Waals surface area (Å²) in [5, 5.41) is 0. The zero-order chi connectivity index (χ0) is 25.0. The Balaban J connectivity index is 0.00000280. The van der Waals surface area contributed by atoms with Gasteiger partial charge in [-0.25, -0.2) is 0 Å². The molecule has 194 valence electrons. The highest BCUT2D eigenvalue weighted by molar-refractivity contribution is 8.00. The summed E-state index contributed by atoms with van der Waals surface area (Å²) in [7, 11) is -0.373. The molecule has 7 rings (SSSR count). The minimum absolute atomic E-state index is 0. The van der Waals surface area contributed by atoms with Gasteiger partial charge >= 0.3 is 7.12 Å². The van der Waals surface area contributed by atoms with Gasteiger partial charge in [0.25, 0.3) is 0 Å². The van der Waals surface area contributed by atoms with Gasteiger partial charge in [0.05, 0.1) is 16.5 Å². The highest BCUT2D eigenvalue weighted by atomic mass is 35.5. The first-order valence-corrected chi connectivity index (χ1v) is 14.2. The molecule has 0 spiro atoms. The van der Waals surface area contributed by atoms with Crippen molar-refractivity contribution in [3.63, 3.8) is 0 Å². The number of thioether (sulfide) groups is 1. The average molecular weight is 534 g/mol. The molecule has 2 bridgehead atoms. The van der Waals surface area contributed by atoms with Gasteiger partial charge in [-0.2, -0.15) is 0 Å². The van der Waals surface area contributed by atoms with E-state index in [1.54, 1.807) is 0 Å². The summed E-state index contributed by atoms with van der Waals surface area (Å²) < 4.78 is 12.9. The maximum absolute atomic E-state index is 6.89. The van der Waals surface area contributed by atoms with E-state index < -0.39 is 0 Å². The Hall–Kier alpha value is -1.76. The standard InChI is InChI=1S/C31H36BNO2S.ClH/c1-29(2)25-19-26(29)30(3)27(20-25)34-32(35-30)28(33)21-36-31(22-13-7-4-8-14-22,23-15-9-5-10-16-23)24-17-11-6-12-18-24;/h4-18,25-28H,19-21,33H2,1-3H3;1H/t25-,26-,27+,28-,30-;/m0./s1. The summed E-state index contributed by atoms with van der Waals surface area (Å²) in [6, 6.07) is 32.4. The predicted molar refractivity (Wildman–Crippen MR) is 157 cm³/mol. The SMILES string of the molecule is CC1(C)[C@@H]2C[C@H]3OB([C@@H](N)CSC(c4ccccc4)(c4ccccc4)c4ccccc4)O[C@@]3(C)[C@H]1C2.Cl. The number of nitrogens with two attached hydrogens (primary N) is 1. The van der Waals surface area contributed by atoms with Crippen molar-refractivity contribution in [2.45, 2.75) is 56.0 Å². The molecule has 0 amide bonds. The summed E-state index contributed by atoms with van der Waals surface area (Å²) in [6.45, 7) is 7.06. The second kappa shape index (κ2) is 10.1. The van der Waals surface area contributed by atoms with Crippen molar-refractivity contribution >= 4 is 31.3 Å². The van der Waals surface area contributed by atoms with Gasteiger partial charge in [-0.05, 0) is 53.7 Å². The fourth-order valence-electron chi connectivity index (χ4n) is 7.15. The smallest absolute Gasteiger partial charge is 0.404 e. The second-order valence-electron chi connectivity index (χ2n) is 11.6. The van der Waals surface area contributed by atoms with Crippen molar-refractivity contribution < 1.29 is 9.31 Å².